The first-order chi connectivity index (χ1) is 12.3. The molecule has 3 N–H and O–H groups in total. The molecule has 0 unspecified atom stereocenters. The highest BCUT2D eigenvalue weighted by molar-refractivity contribution is 5.88. The summed E-state index contributed by atoms with van der Waals surface area (Å²) >= 11 is 0. The minimum Gasteiger partial charge on any atom is -0.444 e. The predicted octanol–water partition coefficient (Wildman–Crippen LogP) is 3.82. The van der Waals surface area contributed by atoms with E-state index < -0.39 is 17.2 Å². The van der Waals surface area contributed by atoms with Crippen LogP contribution in [0.5, 0.6) is 0 Å². The molecule has 0 aromatic carbocycles. The van der Waals surface area contributed by atoms with E-state index in [0.29, 0.717) is 12.4 Å². The van der Waals surface area contributed by atoms with Crippen molar-refractivity contribution in [2.45, 2.75) is 70.4 Å². The Morgan fingerprint density at radius 1 is 1.15 bits per heavy atom. The lowest BCUT2D eigenvalue weighted by atomic mass is 9.90. The molecule has 7 heteroatoms. The molecule has 1 saturated carbocycles. The molecule has 0 saturated heterocycles. The van der Waals surface area contributed by atoms with Crippen LogP contribution in [0.3, 0.4) is 0 Å². The van der Waals surface area contributed by atoms with Gasteiger partial charge in [0, 0.05) is 12.7 Å². The van der Waals surface area contributed by atoms with Crippen molar-refractivity contribution >= 4 is 17.9 Å². The quantitative estimate of drug-likeness (QED) is 0.710. The number of anilines is 1. The summed E-state index contributed by atoms with van der Waals surface area (Å²) in [5.41, 5.74) is -1.04. The van der Waals surface area contributed by atoms with E-state index in [2.05, 4.69) is 20.9 Å². The zero-order valence-electron chi connectivity index (χ0n) is 15.9. The third kappa shape index (κ3) is 6.90. The molecule has 26 heavy (non-hydrogen) atoms. The number of hydrogen-bond acceptors (Lipinski definition) is 4. The van der Waals surface area contributed by atoms with Gasteiger partial charge >= 0.3 is 12.1 Å². The summed E-state index contributed by atoms with van der Waals surface area (Å²) in [5.74, 6) is 0.486. The topological polar surface area (TPSA) is 92.4 Å². The fourth-order valence-electron chi connectivity index (χ4n) is 3.12. The number of ether oxygens (including phenoxy) is 1. The predicted molar refractivity (Wildman–Crippen MR) is 101 cm³/mol. The number of carbonyl (C=O) groups is 2. The molecule has 1 aromatic heterocycles. The second-order valence-electron chi connectivity index (χ2n) is 7.84. The van der Waals surface area contributed by atoms with Crippen molar-refractivity contribution in [1.29, 1.82) is 0 Å². The molecule has 0 atom stereocenters. The molecule has 0 spiro atoms. The maximum Gasteiger partial charge on any atom is 0.408 e. The Bertz CT molecular complexity index is 591. The lowest BCUT2D eigenvalue weighted by Crippen LogP contribution is -2.56. The van der Waals surface area contributed by atoms with E-state index in [0.717, 1.165) is 38.5 Å². The van der Waals surface area contributed by atoms with Crippen molar-refractivity contribution in [2.24, 2.45) is 0 Å². The standard InChI is InChI=1S/C19H30N4O3/c1-18(2,3)26-17(25)23-19(11-7-4-5-8-12-19)14-21-16(24)22-15-10-6-9-13-20-15/h6,9-10,13H,4-5,7-8,11-12,14H2,1-3H3,(H,23,25)(H2,20,21,22,24). The largest absolute Gasteiger partial charge is 0.444 e. The van der Waals surface area contributed by atoms with Crippen LogP contribution < -0.4 is 16.0 Å². The highest BCUT2D eigenvalue weighted by Gasteiger charge is 2.34. The van der Waals surface area contributed by atoms with Crippen molar-refractivity contribution in [3.63, 3.8) is 0 Å². The first-order valence-corrected chi connectivity index (χ1v) is 9.25. The van der Waals surface area contributed by atoms with Gasteiger partial charge in [-0.3, -0.25) is 5.32 Å². The van der Waals surface area contributed by atoms with Crippen LogP contribution in [0.4, 0.5) is 15.4 Å². The van der Waals surface area contributed by atoms with Gasteiger partial charge in [0.1, 0.15) is 11.4 Å². The molecular formula is C19H30N4O3. The number of alkyl carbamates (subject to hydrolysis) is 1. The van der Waals surface area contributed by atoms with E-state index in [4.69, 9.17) is 4.74 Å². The number of hydrogen-bond donors (Lipinski definition) is 3. The Morgan fingerprint density at radius 3 is 2.42 bits per heavy atom. The summed E-state index contributed by atoms with van der Waals surface area (Å²) < 4.78 is 5.42. The SMILES string of the molecule is CC(C)(C)OC(=O)NC1(CNC(=O)Nc2ccccn2)CCCCCC1. The number of urea groups is 1. The van der Waals surface area contributed by atoms with E-state index in [-0.39, 0.29) is 6.03 Å². The molecule has 7 nitrogen and oxygen atoms in total. The van der Waals surface area contributed by atoms with E-state index in [1.54, 1.807) is 24.4 Å². The van der Waals surface area contributed by atoms with Crippen LogP contribution in [0.2, 0.25) is 0 Å². The summed E-state index contributed by atoms with van der Waals surface area (Å²) in [6.45, 7) is 5.87. The summed E-state index contributed by atoms with van der Waals surface area (Å²) in [5, 5.41) is 8.61. The van der Waals surface area contributed by atoms with Crippen LogP contribution in [-0.4, -0.2) is 34.8 Å². The third-order valence-corrected chi connectivity index (χ3v) is 4.32. The van der Waals surface area contributed by atoms with Crippen LogP contribution in [-0.2, 0) is 4.74 Å². The van der Waals surface area contributed by atoms with Crippen molar-refractivity contribution in [1.82, 2.24) is 15.6 Å². The van der Waals surface area contributed by atoms with Gasteiger partial charge in [0.2, 0.25) is 0 Å². The van der Waals surface area contributed by atoms with Crippen molar-refractivity contribution in [2.75, 3.05) is 11.9 Å². The maximum atomic E-state index is 12.3. The van der Waals surface area contributed by atoms with Gasteiger partial charge in [0.15, 0.2) is 0 Å². The van der Waals surface area contributed by atoms with Crippen LogP contribution in [0, 0.1) is 0 Å². The minimum absolute atomic E-state index is 0.335. The molecule has 0 bridgehead atoms. The van der Waals surface area contributed by atoms with Crippen molar-refractivity contribution in [3.8, 4) is 0 Å². The van der Waals surface area contributed by atoms with Crippen LogP contribution in [0.1, 0.15) is 59.3 Å². The summed E-state index contributed by atoms with van der Waals surface area (Å²) in [6.07, 6.45) is 7.11. The van der Waals surface area contributed by atoms with Gasteiger partial charge in [-0.1, -0.05) is 31.7 Å². The van der Waals surface area contributed by atoms with Gasteiger partial charge < -0.3 is 15.4 Å². The normalized spacial score (nSPS) is 16.9. The number of carbonyl (C=O) groups excluding carboxylic acids is 2. The summed E-state index contributed by atoms with van der Waals surface area (Å²) in [4.78, 5) is 28.6. The van der Waals surface area contributed by atoms with Crippen LogP contribution in [0.25, 0.3) is 0 Å². The van der Waals surface area contributed by atoms with Crippen LogP contribution in [0.15, 0.2) is 24.4 Å². The molecule has 0 radical (unpaired) electrons. The third-order valence-electron chi connectivity index (χ3n) is 4.32. The molecule has 3 amide bonds. The molecule has 144 valence electrons. The first-order valence-electron chi connectivity index (χ1n) is 9.25. The monoisotopic (exact) mass is 362 g/mol. The molecule has 1 fully saturated rings. The smallest absolute Gasteiger partial charge is 0.408 e. The van der Waals surface area contributed by atoms with Crippen molar-refractivity contribution < 1.29 is 14.3 Å². The Morgan fingerprint density at radius 2 is 1.85 bits per heavy atom. The number of amides is 3. The Kier molecular flexibility index (Phi) is 6.83. The van der Waals surface area contributed by atoms with Gasteiger partial charge in [-0.25, -0.2) is 14.6 Å². The van der Waals surface area contributed by atoms with E-state index in [1.807, 2.05) is 20.8 Å². The molecule has 1 aromatic rings. The Hall–Kier alpha value is -2.31. The zero-order chi connectivity index (χ0) is 19.0. The number of pyridine rings is 1. The average Bonchev–Trinajstić information content (AvgIpc) is 2.78. The molecular weight excluding hydrogens is 332 g/mol. The number of aromatic nitrogens is 1. The van der Waals surface area contributed by atoms with E-state index in [9.17, 15) is 9.59 Å². The van der Waals surface area contributed by atoms with Gasteiger partial charge in [0.25, 0.3) is 0 Å². The average molecular weight is 362 g/mol. The lowest BCUT2D eigenvalue weighted by Gasteiger charge is -2.35. The first kappa shape index (κ1) is 20.0. The highest BCUT2D eigenvalue weighted by Crippen LogP contribution is 2.27. The maximum absolute atomic E-state index is 12.3. The van der Waals surface area contributed by atoms with E-state index >= 15 is 0 Å². The van der Waals surface area contributed by atoms with Gasteiger partial charge in [-0.15, -0.1) is 0 Å². The number of nitrogens with one attached hydrogen (secondary N) is 3. The van der Waals surface area contributed by atoms with Crippen molar-refractivity contribution in [3.05, 3.63) is 24.4 Å². The van der Waals surface area contributed by atoms with Crippen LogP contribution >= 0.6 is 0 Å². The fourth-order valence-corrected chi connectivity index (χ4v) is 3.12. The van der Waals surface area contributed by atoms with Gasteiger partial charge in [-0.05, 0) is 45.7 Å². The second kappa shape index (κ2) is 8.87. The summed E-state index contributed by atoms with van der Waals surface area (Å²) in [6, 6.07) is 4.98. The van der Waals surface area contributed by atoms with Gasteiger partial charge in [-0.2, -0.15) is 0 Å². The van der Waals surface area contributed by atoms with Gasteiger partial charge in [0.05, 0.1) is 5.54 Å². The molecule has 1 aliphatic rings. The van der Waals surface area contributed by atoms with E-state index in [1.165, 1.54) is 0 Å². The highest BCUT2D eigenvalue weighted by atomic mass is 16.6. The number of nitrogens with zero attached hydrogens (tertiary/aromatic N) is 1. The molecule has 0 aliphatic heterocycles. The zero-order valence-corrected chi connectivity index (χ0v) is 15.9. The summed E-state index contributed by atoms with van der Waals surface area (Å²) in [7, 11) is 0. The minimum atomic E-state index is -0.556. The molecule has 1 heterocycles. The molecule has 2 rings (SSSR count). The lowest BCUT2D eigenvalue weighted by molar-refractivity contribution is 0.0442. The Balaban J connectivity index is 1.97. The Labute approximate surface area is 155 Å². The second-order valence-corrected chi connectivity index (χ2v) is 7.84. The molecule has 1 aliphatic carbocycles. The number of rotatable bonds is 4. The fraction of sp³-hybridized carbons (Fsp3) is 0.632.